The molecule has 1 aromatic carbocycles. The first-order valence-corrected chi connectivity index (χ1v) is 11.5. The van der Waals surface area contributed by atoms with E-state index in [-0.39, 0.29) is 5.91 Å². The van der Waals surface area contributed by atoms with E-state index in [4.69, 9.17) is 0 Å². The van der Waals surface area contributed by atoms with Crippen molar-refractivity contribution in [3.63, 3.8) is 0 Å². The second-order valence-electron chi connectivity index (χ2n) is 7.99. The van der Waals surface area contributed by atoms with Crippen molar-refractivity contribution in [2.24, 2.45) is 0 Å². The van der Waals surface area contributed by atoms with Gasteiger partial charge in [-0.15, -0.1) is 21.5 Å². The lowest BCUT2D eigenvalue weighted by atomic mass is 10.1. The molecule has 0 fully saturated rings. The summed E-state index contributed by atoms with van der Waals surface area (Å²) in [5, 5.41) is 12.9. The highest BCUT2D eigenvalue weighted by Gasteiger charge is 2.21. The molecule has 1 aliphatic rings. The van der Waals surface area contributed by atoms with Crippen LogP contribution in [0, 0.1) is 13.8 Å². The highest BCUT2D eigenvalue weighted by molar-refractivity contribution is 7.15. The van der Waals surface area contributed by atoms with Gasteiger partial charge in [0.1, 0.15) is 10.8 Å². The van der Waals surface area contributed by atoms with Gasteiger partial charge in [0, 0.05) is 41.5 Å². The molecular formula is C24H25N5OS. The molecule has 0 unspecified atom stereocenters. The van der Waals surface area contributed by atoms with Crippen molar-refractivity contribution in [1.29, 1.82) is 0 Å². The molecule has 0 radical (unpaired) electrons. The molecule has 7 heteroatoms. The van der Waals surface area contributed by atoms with Crippen LogP contribution in [0.3, 0.4) is 0 Å². The van der Waals surface area contributed by atoms with E-state index in [9.17, 15) is 4.79 Å². The summed E-state index contributed by atoms with van der Waals surface area (Å²) in [6.45, 7) is 5.01. The van der Waals surface area contributed by atoms with Gasteiger partial charge in [0.05, 0.1) is 5.56 Å². The SMILES string of the molecule is Cc1sc(-n2cccc2)c(C(=O)Nc2cccc(-c3nnc4n3CCCCC4)c2)c1C. The van der Waals surface area contributed by atoms with Crippen LogP contribution in [0.4, 0.5) is 5.69 Å². The molecule has 5 rings (SSSR count). The third-order valence-electron chi connectivity index (χ3n) is 5.92. The van der Waals surface area contributed by atoms with Crippen molar-refractivity contribution >= 4 is 22.9 Å². The van der Waals surface area contributed by atoms with E-state index >= 15 is 0 Å². The molecule has 0 atom stereocenters. The Hall–Kier alpha value is -3.19. The Morgan fingerprint density at radius 2 is 1.90 bits per heavy atom. The van der Waals surface area contributed by atoms with Crippen molar-refractivity contribution in [2.75, 3.05) is 5.32 Å². The van der Waals surface area contributed by atoms with Crippen molar-refractivity contribution in [2.45, 2.75) is 46.1 Å². The zero-order valence-corrected chi connectivity index (χ0v) is 18.6. The molecule has 0 saturated carbocycles. The largest absolute Gasteiger partial charge is 0.322 e. The van der Waals surface area contributed by atoms with Gasteiger partial charge in [-0.05, 0) is 56.5 Å². The van der Waals surface area contributed by atoms with E-state index in [1.165, 1.54) is 6.42 Å². The number of fused-ring (bicyclic) bond motifs is 1. The Labute approximate surface area is 185 Å². The third-order valence-corrected chi connectivity index (χ3v) is 7.14. The number of aromatic nitrogens is 4. The summed E-state index contributed by atoms with van der Waals surface area (Å²) >= 11 is 1.64. The predicted octanol–water partition coefficient (Wildman–Crippen LogP) is 5.39. The normalized spacial score (nSPS) is 13.6. The molecule has 0 aliphatic carbocycles. The van der Waals surface area contributed by atoms with Crippen molar-refractivity contribution < 1.29 is 4.79 Å². The summed E-state index contributed by atoms with van der Waals surface area (Å²) in [5.41, 5.74) is 3.48. The summed E-state index contributed by atoms with van der Waals surface area (Å²) in [5.74, 6) is 1.84. The van der Waals surface area contributed by atoms with Gasteiger partial charge in [0.25, 0.3) is 5.91 Å². The van der Waals surface area contributed by atoms with Crippen LogP contribution in [-0.4, -0.2) is 25.2 Å². The van der Waals surface area contributed by atoms with Crippen LogP contribution in [-0.2, 0) is 13.0 Å². The van der Waals surface area contributed by atoms with Crippen LogP contribution in [0.1, 0.15) is 45.9 Å². The number of nitrogens with zero attached hydrogens (tertiary/aromatic N) is 4. The quantitative estimate of drug-likeness (QED) is 0.471. The smallest absolute Gasteiger partial charge is 0.258 e. The topological polar surface area (TPSA) is 64.7 Å². The Morgan fingerprint density at radius 3 is 2.74 bits per heavy atom. The first-order chi connectivity index (χ1) is 15.1. The molecule has 31 heavy (non-hydrogen) atoms. The number of thiophene rings is 1. The number of rotatable bonds is 4. The van der Waals surface area contributed by atoms with Crippen LogP contribution >= 0.6 is 11.3 Å². The van der Waals surface area contributed by atoms with Gasteiger partial charge < -0.3 is 14.5 Å². The van der Waals surface area contributed by atoms with Gasteiger partial charge in [0.15, 0.2) is 5.82 Å². The number of anilines is 1. The number of hydrogen-bond acceptors (Lipinski definition) is 4. The van der Waals surface area contributed by atoms with Crippen molar-refractivity contribution in [3.8, 4) is 16.4 Å². The Balaban J connectivity index is 1.45. The summed E-state index contributed by atoms with van der Waals surface area (Å²) in [7, 11) is 0. The summed E-state index contributed by atoms with van der Waals surface area (Å²) in [4.78, 5) is 14.4. The lowest BCUT2D eigenvalue weighted by molar-refractivity contribution is 0.102. The fourth-order valence-electron chi connectivity index (χ4n) is 4.16. The zero-order valence-electron chi connectivity index (χ0n) is 17.8. The molecule has 1 N–H and O–H groups in total. The molecule has 158 valence electrons. The van der Waals surface area contributed by atoms with E-state index in [0.29, 0.717) is 0 Å². The molecule has 1 amide bonds. The molecule has 1 aliphatic heterocycles. The van der Waals surface area contributed by atoms with Gasteiger partial charge in [0.2, 0.25) is 0 Å². The van der Waals surface area contributed by atoms with E-state index in [1.54, 1.807) is 11.3 Å². The lowest BCUT2D eigenvalue weighted by Gasteiger charge is -2.11. The average molecular weight is 432 g/mol. The van der Waals surface area contributed by atoms with E-state index in [0.717, 1.165) is 69.7 Å². The molecule has 3 aromatic heterocycles. The second kappa shape index (κ2) is 8.15. The monoisotopic (exact) mass is 431 g/mol. The van der Waals surface area contributed by atoms with Crippen molar-refractivity contribution in [1.82, 2.24) is 19.3 Å². The maximum absolute atomic E-state index is 13.3. The minimum atomic E-state index is -0.0947. The van der Waals surface area contributed by atoms with E-state index in [1.807, 2.05) is 60.3 Å². The van der Waals surface area contributed by atoms with Gasteiger partial charge in [-0.25, -0.2) is 0 Å². The zero-order chi connectivity index (χ0) is 21.4. The van der Waals surface area contributed by atoms with Crippen LogP contribution in [0.2, 0.25) is 0 Å². The van der Waals surface area contributed by atoms with E-state index < -0.39 is 0 Å². The highest BCUT2D eigenvalue weighted by Crippen LogP contribution is 2.32. The number of carbonyl (C=O) groups is 1. The number of hydrogen-bond donors (Lipinski definition) is 1. The standard InChI is InChI=1S/C24H25N5OS/c1-16-17(2)31-24(28-12-6-7-13-28)21(16)23(30)25-19-10-8-9-18(15-19)22-27-26-20-11-4-3-5-14-29(20)22/h6-10,12-13,15H,3-5,11,14H2,1-2H3,(H,25,30). The highest BCUT2D eigenvalue weighted by atomic mass is 32.1. The third kappa shape index (κ3) is 3.70. The molecule has 0 spiro atoms. The minimum Gasteiger partial charge on any atom is -0.322 e. The first kappa shape index (κ1) is 19.8. The van der Waals surface area contributed by atoms with Crippen LogP contribution in [0.25, 0.3) is 16.4 Å². The fraction of sp³-hybridized carbons (Fsp3) is 0.292. The molecule has 4 heterocycles. The maximum Gasteiger partial charge on any atom is 0.258 e. The van der Waals surface area contributed by atoms with Crippen LogP contribution in [0.15, 0.2) is 48.8 Å². The van der Waals surface area contributed by atoms with Gasteiger partial charge in [-0.2, -0.15) is 0 Å². The Kier molecular flexibility index (Phi) is 5.19. The minimum absolute atomic E-state index is 0.0947. The maximum atomic E-state index is 13.3. The number of aryl methyl sites for hydroxylation is 2. The fourth-order valence-corrected chi connectivity index (χ4v) is 5.28. The Bertz CT molecular complexity index is 1240. The van der Waals surface area contributed by atoms with Gasteiger partial charge in [-0.3, -0.25) is 4.79 Å². The molecular weight excluding hydrogens is 406 g/mol. The summed E-state index contributed by atoms with van der Waals surface area (Å²) < 4.78 is 4.23. The van der Waals surface area contributed by atoms with Crippen LogP contribution in [0.5, 0.6) is 0 Å². The number of carbonyl (C=O) groups excluding carboxylic acids is 1. The number of nitrogens with one attached hydrogen (secondary N) is 1. The van der Waals surface area contributed by atoms with Crippen molar-refractivity contribution in [3.05, 3.63) is 70.6 Å². The van der Waals surface area contributed by atoms with Gasteiger partial charge in [-0.1, -0.05) is 18.6 Å². The second-order valence-corrected chi connectivity index (χ2v) is 9.19. The average Bonchev–Trinajstić information content (AvgIpc) is 3.45. The number of amides is 1. The Morgan fingerprint density at radius 1 is 1.06 bits per heavy atom. The molecule has 4 aromatic rings. The van der Waals surface area contributed by atoms with Gasteiger partial charge >= 0.3 is 0 Å². The number of benzene rings is 1. The molecule has 6 nitrogen and oxygen atoms in total. The summed E-state index contributed by atoms with van der Waals surface area (Å²) in [6, 6.07) is 11.8. The van der Waals surface area contributed by atoms with E-state index in [2.05, 4.69) is 27.0 Å². The predicted molar refractivity (Wildman–Crippen MR) is 124 cm³/mol. The molecule has 0 saturated heterocycles. The van der Waals surface area contributed by atoms with Crippen LogP contribution < -0.4 is 5.32 Å². The molecule has 0 bridgehead atoms. The lowest BCUT2D eigenvalue weighted by Crippen LogP contribution is -2.14. The first-order valence-electron chi connectivity index (χ1n) is 10.7. The summed E-state index contributed by atoms with van der Waals surface area (Å²) in [6.07, 6.45) is 8.45.